The summed E-state index contributed by atoms with van der Waals surface area (Å²) in [4.78, 5) is 16.4. The van der Waals surface area contributed by atoms with Gasteiger partial charge in [-0.3, -0.25) is 9.79 Å². The number of rotatable bonds is 2. The molecule has 88 valence electrons. The van der Waals surface area contributed by atoms with Gasteiger partial charge in [-0.1, -0.05) is 11.8 Å². The first-order valence-electron chi connectivity index (χ1n) is 5.86. The Balaban J connectivity index is 1.59. The topological polar surface area (TPSA) is 50.7 Å². The van der Waals surface area contributed by atoms with Crippen LogP contribution in [0.15, 0.2) is 4.99 Å². The Labute approximate surface area is 99.2 Å². The Kier molecular flexibility index (Phi) is 2.67. The van der Waals surface area contributed by atoms with E-state index >= 15 is 0 Å². The summed E-state index contributed by atoms with van der Waals surface area (Å²) < 4.78 is 5.12. The molecule has 2 aliphatic heterocycles. The lowest BCUT2D eigenvalue weighted by atomic mass is 10.1. The SMILES string of the molecule is O=C(NC1CCOCC1)C12CC1CN=CS2. The van der Waals surface area contributed by atoms with Crippen LogP contribution in [0.1, 0.15) is 19.3 Å². The normalized spacial score (nSPS) is 37.9. The largest absolute Gasteiger partial charge is 0.381 e. The van der Waals surface area contributed by atoms with Crippen LogP contribution in [0, 0.1) is 5.92 Å². The number of fused-ring (bicyclic) bond motifs is 1. The molecule has 16 heavy (non-hydrogen) atoms. The highest BCUT2D eigenvalue weighted by molar-refractivity contribution is 8.14. The van der Waals surface area contributed by atoms with Crippen LogP contribution in [0.3, 0.4) is 0 Å². The van der Waals surface area contributed by atoms with Gasteiger partial charge in [0, 0.05) is 31.7 Å². The van der Waals surface area contributed by atoms with Gasteiger partial charge in [0.25, 0.3) is 0 Å². The lowest BCUT2D eigenvalue weighted by Crippen LogP contribution is -2.45. The second-order valence-corrected chi connectivity index (χ2v) is 5.91. The highest BCUT2D eigenvalue weighted by Crippen LogP contribution is 2.55. The van der Waals surface area contributed by atoms with Crippen molar-refractivity contribution < 1.29 is 9.53 Å². The molecule has 1 N–H and O–H groups in total. The van der Waals surface area contributed by atoms with Gasteiger partial charge in [-0.25, -0.2) is 0 Å². The van der Waals surface area contributed by atoms with Crippen molar-refractivity contribution in [2.75, 3.05) is 19.8 Å². The van der Waals surface area contributed by atoms with E-state index in [2.05, 4.69) is 10.3 Å². The quantitative estimate of drug-likeness (QED) is 0.777. The van der Waals surface area contributed by atoms with Crippen LogP contribution in [0.2, 0.25) is 0 Å². The maximum atomic E-state index is 12.2. The number of hydrogen-bond acceptors (Lipinski definition) is 4. The number of carbonyl (C=O) groups excluding carboxylic acids is 1. The summed E-state index contributed by atoms with van der Waals surface area (Å²) in [6.07, 6.45) is 2.89. The number of nitrogens with one attached hydrogen (secondary N) is 1. The smallest absolute Gasteiger partial charge is 0.237 e. The molecule has 2 fully saturated rings. The Hall–Kier alpha value is -0.550. The number of nitrogens with zero attached hydrogens (tertiary/aromatic N) is 1. The molecule has 5 heteroatoms. The van der Waals surface area contributed by atoms with Gasteiger partial charge in [0.2, 0.25) is 5.91 Å². The Morgan fingerprint density at radius 2 is 2.31 bits per heavy atom. The van der Waals surface area contributed by atoms with Crippen molar-refractivity contribution in [1.82, 2.24) is 5.32 Å². The fourth-order valence-electron chi connectivity index (χ4n) is 2.45. The average Bonchev–Trinajstić information content (AvgIpc) is 3.06. The second-order valence-electron chi connectivity index (χ2n) is 4.74. The highest BCUT2D eigenvalue weighted by atomic mass is 32.2. The minimum Gasteiger partial charge on any atom is -0.381 e. The van der Waals surface area contributed by atoms with E-state index in [9.17, 15) is 4.79 Å². The second kappa shape index (κ2) is 4.04. The van der Waals surface area contributed by atoms with Crippen LogP contribution in [0.25, 0.3) is 0 Å². The summed E-state index contributed by atoms with van der Waals surface area (Å²) in [5.41, 5.74) is 1.84. The molecule has 2 heterocycles. The lowest BCUT2D eigenvalue weighted by molar-refractivity contribution is -0.122. The zero-order chi connectivity index (χ0) is 11.0. The van der Waals surface area contributed by atoms with Crippen LogP contribution in [-0.2, 0) is 9.53 Å². The third-order valence-electron chi connectivity index (χ3n) is 3.65. The first-order valence-corrected chi connectivity index (χ1v) is 6.74. The number of ether oxygens (including phenoxy) is 1. The maximum Gasteiger partial charge on any atom is 0.237 e. The van der Waals surface area contributed by atoms with E-state index in [-0.39, 0.29) is 10.7 Å². The van der Waals surface area contributed by atoms with Crippen LogP contribution in [-0.4, -0.2) is 42.0 Å². The zero-order valence-electron chi connectivity index (χ0n) is 9.15. The summed E-state index contributed by atoms with van der Waals surface area (Å²) in [5, 5.41) is 3.17. The summed E-state index contributed by atoms with van der Waals surface area (Å²) >= 11 is 1.60. The van der Waals surface area contributed by atoms with Crippen molar-refractivity contribution in [3.63, 3.8) is 0 Å². The van der Waals surface area contributed by atoms with Crippen molar-refractivity contribution in [2.24, 2.45) is 10.9 Å². The van der Waals surface area contributed by atoms with Crippen molar-refractivity contribution >= 4 is 23.2 Å². The highest BCUT2D eigenvalue weighted by Gasteiger charge is 2.61. The van der Waals surface area contributed by atoms with Gasteiger partial charge in [-0.2, -0.15) is 0 Å². The zero-order valence-corrected chi connectivity index (χ0v) is 9.96. The van der Waals surface area contributed by atoms with E-state index in [1.54, 1.807) is 11.8 Å². The molecule has 1 saturated carbocycles. The molecular weight excluding hydrogens is 224 g/mol. The molecule has 1 aliphatic carbocycles. The lowest BCUT2D eigenvalue weighted by Gasteiger charge is -2.26. The molecule has 1 amide bonds. The predicted octanol–water partition coefficient (Wildman–Crippen LogP) is 0.815. The number of amides is 1. The fourth-order valence-corrected chi connectivity index (χ4v) is 3.53. The van der Waals surface area contributed by atoms with Gasteiger partial charge >= 0.3 is 0 Å². The van der Waals surface area contributed by atoms with E-state index in [0.717, 1.165) is 39.0 Å². The van der Waals surface area contributed by atoms with Crippen molar-refractivity contribution in [2.45, 2.75) is 30.1 Å². The molecule has 0 spiro atoms. The third-order valence-corrected chi connectivity index (χ3v) is 5.01. The van der Waals surface area contributed by atoms with E-state index in [4.69, 9.17) is 4.74 Å². The minimum absolute atomic E-state index is 0.167. The average molecular weight is 240 g/mol. The van der Waals surface area contributed by atoms with Crippen molar-refractivity contribution in [3.05, 3.63) is 0 Å². The first kappa shape index (κ1) is 10.6. The Morgan fingerprint density at radius 1 is 1.50 bits per heavy atom. The van der Waals surface area contributed by atoms with Crippen LogP contribution in [0.4, 0.5) is 0 Å². The fraction of sp³-hybridized carbons (Fsp3) is 0.818. The van der Waals surface area contributed by atoms with Crippen molar-refractivity contribution in [1.29, 1.82) is 0 Å². The molecule has 4 nitrogen and oxygen atoms in total. The number of hydrogen-bond donors (Lipinski definition) is 1. The molecule has 3 aliphatic rings. The van der Waals surface area contributed by atoms with Gasteiger partial charge in [0.05, 0.1) is 5.55 Å². The van der Waals surface area contributed by atoms with E-state index in [1.165, 1.54) is 0 Å². The van der Waals surface area contributed by atoms with Gasteiger partial charge in [-0.15, -0.1) is 0 Å². The van der Waals surface area contributed by atoms with E-state index < -0.39 is 0 Å². The molecule has 0 radical (unpaired) electrons. The standard InChI is InChI=1S/C11H16N2O2S/c14-10(13-9-1-3-15-4-2-9)11-5-8(11)6-12-7-16-11/h7-9H,1-6H2,(H,13,14). The maximum absolute atomic E-state index is 12.2. The van der Waals surface area contributed by atoms with E-state index in [1.807, 2.05) is 5.55 Å². The summed E-state index contributed by atoms with van der Waals surface area (Å²) in [6, 6.07) is 0.316. The number of thioether (sulfide) groups is 1. The van der Waals surface area contributed by atoms with Gasteiger partial charge < -0.3 is 10.1 Å². The Bertz CT molecular complexity index is 328. The number of aliphatic imine (C=N–C) groups is 1. The summed E-state index contributed by atoms with van der Waals surface area (Å²) in [6.45, 7) is 2.38. The first-order chi connectivity index (χ1) is 7.81. The molecule has 0 aromatic rings. The van der Waals surface area contributed by atoms with E-state index in [0.29, 0.717) is 12.0 Å². The van der Waals surface area contributed by atoms with Crippen LogP contribution in [0.5, 0.6) is 0 Å². The Morgan fingerprint density at radius 3 is 3.06 bits per heavy atom. The third kappa shape index (κ3) is 1.76. The molecule has 3 rings (SSSR count). The minimum atomic E-state index is -0.167. The van der Waals surface area contributed by atoms with Gasteiger partial charge in [-0.05, 0) is 19.3 Å². The molecule has 0 aromatic carbocycles. The molecule has 0 aromatic heterocycles. The summed E-state index contributed by atoms with van der Waals surface area (Å²) in [5.74, 6) is 0.697. The predicted molar refractivity (Wildman–Crippen MR) is 63.8 cm³/mol. The molecule has 2 atom stereocenters. The summed E-state index contributed by atoms with van der Waals surface area (Å²) in [7, 11) is 0. The molecular formula is C11H16N2O2S. The number of carbonyl (C=O) groups is 1. The van der Waals surface area contributed by atoms with Gasteiger partial charge in [0.15, 0.2) is 0 Å². The van der Waals surface area contributed by atoms with Crippen LogP contribution >= 0.6 is 11.8 Å². The molecule has 2 unspecified atom stereocenters. The molecule has 0 bridgehead atoms. The monoisotopic (exact) mass is 240 g/mol. The van der Waals surface area contributed by atoms with Gasteiger partial charge in [0.1, 0.15) is 4.75 Å². The van der Waals surface area contributed by atoms with Crippen LogP contribution < -0.4 is 5.32 Å². The molecule has 1 saturated heterocycles. The van der Waals surface area contributed by atoms with Crippen molar-refractivity contribution in [3.8, 4) is 0 Å².